The van der Waals surface area contributed by atoms with Gasteiger partial charge in [0.2, 0.25) is 0 Å². The van der Waals surface area contributed by atoms with Gasteiger partial charge in [0.1, 0.15) is 11.6 Å². The molecule has 1 nitrogen and oxygen atoms in total. The van der Waals surface area contributed by atoms with Crippen LogP contribution in [0, 0.1) is 11.6 Å². The number of hydrogen-bond acceptors (Lipinski definition) is 1. The second-order valence-electron chi connectivity index (χ2n) is 5.37. The zero-order valence-corrected chi connectivity index (χ0v) is 12.5. The maximum absolute atomic E-state index is 13.2. The van der Waals surface area contributed by atoms with Crippen molar-refractivity contribution >= 4 is 5.69 Å². The summed E-state index contributed by atoms with van der Waals surface area (Å²) < 4.78 is 26.5. The molecule has 21 heavy (non-hydrogen) atoms. The zero-order chi connectivity index (χ0) is 15.2. The lowest BCUT2D eigenvalue weighted by atomic mass is 10.1. The molecule has 2 aromatic rings. The fourth-order valence-electron chi connectivity index (χ4n) is 2.31. The van der Waals surface area contributed by atoms with E-state index in [0.717, 1.165) is 18.2 Å². The molecule has 0 bridgehead atoms. The molecule has 2 aromatic carbocycles. The fraction of sp³-hybridized carbons (Fsp3) is 0.333. The Balaban J connectivity index is 2.03. The van der Waals surface area contributed by atoms with Crippen LogP contribution >= 0.6 is 0 Å². The Morgan fingerprint density at radius 3 is 2.19 bits per heavy atom. The summed E-state index contributed by atoms with van der Waals surface area (Å²) >= 11 is 0. The first-order chi connectivity index (χ1) is 10.1. The minimum Gasteiger partial charge on any atom is -0.379 e. The summed E-state index contributed by atoms with van der Waals surface area (Å²) in [5.41, 5.74) is 2.86. The molecule has 3 heteroatoms. The van der Waals surface area contributed by atoms with Crippen LogP contribution in [0.1, 0.15) is 43.9 Å². The average Bonchev–Trinajstić information content (AvgIpc) is 2.45. The molecule has 1 atom stereocenters. The third kappa shape index (κ3) is 4.55. The van der Waals surface area contributed by atoms with E-state index in [1.54, 1.807) is 0 Å². The largest absolute Gasteiger partial charge is 0.379 e. The van der Waals surface area contributed by atoms with Gasteiger partial charge in [-0.3, -0.25) is 0 Å². The number of halogens is 2. The third-order valence-corrected chi connectivity index (χ3v) is 3.54. The summed E-state index contributed by atoms with van der Waals surface area (Å²) in [7, 11) is 0. The highest BCUT2D eigenvalue weighted by molar-refractivity contribution is 5.46. The second kappa shape index (κ2) is 7.21. The van der Waals surface area contributed by atoms with Gasteiger partial charge in [0, 0.05) is 17.8 Å². The Kier molecular flexibility index (Phi) is 5.32. The maximum Gasteiger partial charge on any atom is 0.126 e. The van der Waals surface area contributed by atoms with Crippen LogP contribution in [0.5, 0.6) is 0 Å². The van der Waals surface area contributed by atoms with E-state index in [4.69, 9.17) is 0 Å². The van der Waals surface area contributed by atoms with Crippen LogP contribution in [0.3, 0.4) is 0 Å². The summed E-state index contributed by atoms with van der Waals surface area (Å²) in [4.78, 5) is 0. The SMILES string of the molecule is CCCCc1ccc(NC(C)c2cc(F)cc(F)c2)cc1. The van der Waals surface area contributed by atoms with Gasteiger partial charge in [-0.25, -0.2) is 8.78 Å². The first-order valence-corrected chi connectivity index (χ1v) is 7.40. The highest BCUT2D eigenvalue weighted by Gasteiger charge is 2.08. The van der Waals surface area contributed by atoms with Gasteiger partial charge in [0.05, 0.1) is 0 Å². The molecule has 0 aliphatic heterocycles. The van der Waals surface area contributed by atoms with E-state index < -0.39 is 11.6 Å². The molecule has 0 aliphatic carbocycles. The molecule has 0 saturated heterocycles. The van der Waals surface area contributed by atoms with Crippen LogP contribution in [0.25, 0.3) is 0 Å². The van der Waals surface area contributed by atoms with Crippen LogP contribution in [0.15, 0.2) is 42.5 Å². The number of rotatable bonds is 6. The van der Waals surface area contributed by atoms with Gasteiger partial charge in [0.25, 0.3) is 0 Å². The fourth-order valence-corrected chi connectivity index (χ4v) is 2.31. The first kappa shape index (κ1) is 15.5. The van der Waals surface area contributed by atoms with E-state index in [0.29, 0.717) is 5.56 Å². The van der Waals surface area contributed by atoms with Crippen molar-refractivity contribution in [3.05, 3.63) is 65.2 Å². The lowest BCUT2D eigenvalue weighted by Crippen LogP contribution is -2.07. The summed E-state index contributed by atoms with van der Waals surface area (Å²) in [5.74, 6) is -1.10. The maximum atomic E-state index is 13.2. The normalized spacial score (nSPS) is 12.2. The van der Waals surface area contributed by atoms with Gasteiger partial charge >= 0.3 is 0 Å². The minimum absolute atomic E-state index is 0.156. The van der Waals surface area contributed by atoms with Crippen molar-refractivity contribution < 1.29 is 8.78 Å². The van der Waals surface area contributed by atoms with Crippen molar-refractivity contribution in [1.82, 2.24) is 0 Å². The molecule has 112 valence electrons. The van der Waals surface area contributed by atoms with E-state index in [1.165, 1.54) is 30.5 Å². The molecule has 1 N–H and O–H groups in total. The highest BCUT2D eigenvalue weighted by Crippen LogP contribution is 2.21. The molecular formula is C18H21F2N. The van der Waals surface area contributed by atoms with E-state index in [2.05, 4.69) is 24.4 Å². The molecule has 0 aliphatic rings. The third-order valence-electron chi connectivity index (χ3n) is 3.54. The summed E-state index contributed by atoms with van der Waals surface area (Å²) in [6, 6.07) is 11.7. The van der Waals surface area contributed by atoms with E-state index in [-0.39, 0.29) is 6.04 Å². The number of aryl methyl sites for hydroxylation is 1. The molecular weight excluding hydrogens is 268 g/mol. The van der Waals surface area contributed by atoms with E-state index >= 15 is 0 Å². The van der Waals surface area contributed by atoms with Crippen LogP contribution in [-0.4, -0.2) is 0 Å². The molecule has 0 saturated carbocycles. The van der Waals surface area contributed by atoms with Crippen molar-refractivity contribution in [1.29, 1.82) is 0 Å². The van der Waals surface area contributed by atoms with Crippen molar-refractivity contribution in [3.8, 4) is 0 Å². The molecule has 0 aromatic heterocycles. The predicted molar refractivity (Wildman–Crippen MR) is 83.4 cm³/mol. The summed E-state index contributed by atoms with van der Waals surface area (Å²) in [5, 5.41) is 3.26. The Bertz CT molecular complexity index is 558. The topological polar surface area (TPSA) is 12.0 Å². The summed E-state index contributed by atoms with van der Waals surface area (Å²) in [6.07, 6.45) is 3.45. The van der Waals surface area contributed by atoms with Crippen LogP contribution in [0.4, 0.5) is 14.5 Å². The van der Waals surface area contributed by atoms with Crippen molar-refractivity contribution in [2.75, 3.05) is 5.32 Å². The number of benzene rings is 2. The minimum atomic E-state index is -0.548. The quantitative estimate of drug-likeness (QED) is 0.742. The smallest absolute Gasteiger partial charge is 0.126 e. The Morgan fingerprint density at radius 1 is 1.00 bits per heavy atom. The lowest BCUT2D eigenvalue weighted by molar-refractivity contribution is 0.577. The molecule has 0 heterocycles. The standard InChI is InChI=1S/C18H21F2N/c1-3-4-5-14-6-8-18(9-7-14)21-13(2)15-10-16(19)12-17(20)11-15/h6-13,21H,3-5H2,1-2H3. The molecule has 0 fully saturated rings. The molecule has 2 rings (SSSR count). The first-order valence-electron chi connectivity index (χ1n) is 7.40. The average molecular weight is 289 g/mol. The van der Waals surface area contributed by atoms with Crippen LogP contribution < -0.4 is 5.32 Å². The van der Waals surface area contributed by atoms with Gasteiger partial charge < -0.3 is 5.32 Å². The monoisotopic (exact) mass is 289 g/mol. The molecule has 1 unspecified atom stereocenters. The zero-order valence-electron chi connectivity index (χ0n) is 12.5. The number of nitrogens with one attached hydrogen (secondary N) is 1. The highest BCUT2D eigenvalue weighted by atomic mass is 19.1. The van der Waals surface area contributed by atoms with Gasteiger partial charge in [0.15, 0.2) is 0 Å². The van der Waals surface area contributed by atoms with Gasteiger partial charge in [-0.15, -0.1) is 0 Å². The van der Waals surface area contributed by atoms with Crippen molar-refractivity contribution in [3.63, 3.8) is 0 Å². The molecule has 0 amide bonds. The Morgan fingerprint density at radius 2 is 1.62 bits per heavy atom. The van der Waals surface area contributed by atoms with Crippen LogP contribution in [-0.2, 0) is 6.42 Å². The van der Waals surface area contributed by atoms with Crippen LogP contribution in [0.2, 0.25) is 0 Å². The Labute approximate surface area is 125 Å². The molecule has 0 radical (unpaired) electrons. The number of anilines is 1. The van der Waals surface area contributed by atoms with E-state index in [9.17, 15) is 8.78 Å². The van der Waals surface area contributed by atoms with Gasteiger partial charge in [-0.1, -0.05) is 25.5 Å². The lowest BCUT2D eigenvalue weighted by Gasteiger charge is -2.16. The van der Waals surface area contributed by atoms with Gasteiger partial charge in [-0.2, -0.15) is 0 Å². The molecule has 0 spiro atoms. The van der Waals surface area contributed by atoms with Crippen molar-refractivity contribution in [2.45, 2.75) is 39.2 Å². The second-order valence-corrected chi connectivity index (χ2v) is 5.37. The number of unbranched alkanes of at least 4 members (excludes halogenated alkanes) is 1. The van der Waals surface area contributed by atoms with E-state index in [1.807, 2.05) is 19.1 Å². The van der Waals surface area contributed by atoms with Gasteiger partial charge in [-0.05, 0) is 55.2 Å². The predicted octanol–water partition coefficient (Wildman–Crippen LogP) is 5.48. The summed E-state index contributed by atoms with van der Waals surface area (Å²) in [6.45, 7) is 4.06. The number of hydrogen-bond donors (Lipinski definition) is 1. The van der Waals surface area contributed by atoms with Crippen molar-refractivity contribution in [2.24, 2.45) is 0 Å². The Hall–Kier alpha value is -1.90.